The van der Waals surface area contributed by atoms with Gasteiger partial charge in [0, 0.05) is 25.5 Å². The van der Waals surface area contributed by atoms with Gasteiger partial charge in [0.15, 0.2) is 10.9 Å². The smallest absolute Gasteiger partial charge is 0.270 e. The average molecular weight is 559 g/mol. The van der Waals surface area contributed by atoms with Crippen molar-refractivity contribution in [3.05, 3.63) is 87.2 Å². The zero-order chi connectivity index (χ0) is 25.8. The molecule has 0 atom stereocenters. The average Bonchev–Trinajstić information content (AvgIpc) is 3.13. The van der Waals surface area contributed by atoms with Gasteiger partial charge in [0.2, 0.25) is 0 Å². The fourth-order valence-corrected chi connectivity index (χ4v) is 4.92. The molecule has 0 radical (unpaired) electrons. The largest absolute Gasteiger partial charge is 0.484 e. The second-order valence-electron chi connectivity index (χ2n) is 7.96. The first-order valence-corrected chi connectivity index (χ1v) is 12.7. The van der Waals surface area contributed by atoms with E-state index in [9.17, 15) is 9.59 Å². The highest BCUT2D eigenvalue weighted by Crippen LogP contribution is 2.36. The Hall–Kier alpha value is -3.04. The molecule has 1 aliphatic heterocycles. The van der Waals surface area contributed by atoms with Gasteiger partial charge in [-0.05, 0) is 66.2 Å². The van der Waals surface area contributed by atoms with Gasteiger partial charge in [-0.1, -0.05) is 59.3 Å². The van der Waals surface area contributed by atoms with Crippen LogP contribution in [0, 0.1) is 0 Å². The third-order valence-corrected chi connectivity index (χ3v) is 7.21. The molecule has 0 bridgehead atoms. The number of hydrogen-bond acceptors (Lipinski definition) is 6. The van der Waals surface area contributed by atoms with Gasteiger partial charge in [-0.15, -0.1) is 0 Å². The van der Waals surface area contributed by atoms with Crippen molar-refractivity contribution in [3.8, 4) is 5.75 Å². The fraction of sp³-hybridized carbons (Fsp3) is 0.115. The van der Waals surface area contributed by atoms with Crippen molar-refractivity contribution in [1.82, 2.24) is 0 Å². The quantitative estimate of drug-likeness (QED) is 0.265. The minimum atomic E-state index is -0.334. The molecule has 0 saturated carbocycles. The summed E-state index contributed by atoms with van der Waals surface area (Å²) in [6, 6.07) is 19.6. The molecule has 36 heavy (non-hydrogen) atoms. The zero-order valence-corrected chi connectivity index (χ0v) is 22.5. The third kappa shape index (κ3) is 6.20. The third-order valence-electron chi connectivity index (χ3n) is 5.17. The molecule has 6 nitrogen and oxygen atoms in total. The van der Waals surface area contributed by atoms with Gasteiger partial charge in [-0.25, -0.2) is 0 Å². The Morgan fingerprint density at radius 3 is 2.39 bits per heavy atom. The van der Waals surface area contributed by atoms with E-state index in [1.165, 1.54) is 16.7 Å². The van der Waals surface area contributed by atoms with Crippen LogP contribution in [0.5, 0.6) is 5.75 Å². The van der Waals surface area contributed by atoms with Gasteiger partial charge in [0.1, 0.15) is 5.75 Å². The van der Waals surface area contributed by atoms with E-state index in [-0.39, 0.29) is 18.4 Å². The summed E-state index contributed by atoms with van der Waals surface area (Å²) in [7, 11) is 3.92. The number of halogens is 2. The molecule has 2 amide bonds. The highest BCUT2D eigenvalue weighted by atomic mass is 35.5. The molecule has 1 aliphatic rings. The van der Waals surface area contributed by atoms with Crippen LogP contribution in [0.4, 0.5) is 17.1 Å². The molecule has 4 rings (SSSR count). The van der Waals surface area contributed by atoms with E-state index in [1.54, 1.807) is 36.4 Å². The molecule has 1 saturated heterocycles. The molecule has 10 heteroatoms. The molecule has 184 valence electrons. The Bertz CT molecular complexity index is 1340. The minimum absolute atomic E-state index is 0.165. The first kappa shape index (κ1) is 26.0. The van der Waals surface area contributed by atoms with Crippen molar-refractivity contribution >= 4 is 86.5 Å². The highest BCUT2D eigenvalue weighted by molar-refractivity contribution is 8.27. The summed E-state index contributed by atoms with van der Waals surface area (Å²) in [5.74, 6) is 0.0200. The maximum Gasteiger partial charge on any atom is 0.270 e. The molecular weight excluding hydrogens is 537 g/mol. The summed E-state index contributed by atoms with van der Waals surface area (Å²) in [5.41, 5.74) is 3.11. The van der Waals surface area contributed by atoms with E-state index in [0.29, 0.717) is 30.7 Å². The summed E-state index contributed by atoms with van der Waals surface area (Å²) < 4.78 is 6.05. The lowest BCUT2D eigenvalue weighted by Crippen LogP contribution is -2.27. The molecule has 3 aromatic rings. The molecule has 0 unspecified atom stereocenters. The van der Waals surface area contributed by atoms with Gasteiger partial charge < -0.3 is 15.0 Å². The normalized spacial score (nSPS) is 14.3. The Morgan fingerprint density at radius 1 is 1.06 bits per heavy atom. The van der Waals surface area contributed by atoms with Crippen LogP contribution in [-0.2, 0) is 9.59 Å². The molecule has 1 N–H and O–H groups in total. The first-order chi connectivity index (χ1) is 17.2. The molecule has 1 heterocycles. The second-order valence-corrected chi connectivity index (χ2v) is 10.5. The van der Waals surface area contributed by atoms with Crippen LogP contribution >= 0.6 is 47.2 Å². The van der Waals surface area contributed by atoms with Crippen LogP contribution in [0.1, 0.15) is 5.56 Å². The molecule has 0 spiro atoms. The number of hydrogen-bond donors (Lipinski definition) is 1. The van der Waals surface area contributed by atoms with Crippen molar-refractivity contribution < 1.29 is 14.3 Å². The summed E-state index contributed by atoms with van der Waals surface area (Å²) in [5, 5.41) is 3.46. The molecular formula is C26H21Cl2N3O3S2. The van der Waals surface area contributed by atoms with Crippen LogP contribution in [-0.4, -0.2) is 36.8 Å². The molecule has 0 aliphatic carbocycles. The number of amides is 2. The van der Waals surface area contributed by atoms with Crippen molar-refractivity contribution in [2.45, 2.75) is 0 Å². The summed E-state index contributed by atoms with van der Waals surface area (Å²) in [6.07, 6.45) is 1.79. The Kier molecular flexibility index (Phi) is 8.21. The van der Waals surface area contributed by atoms with Crippen LogP contribution in [0.2, 0.25) is 10.0 Å². The standard InChI is InChI=1S/C26H21Cl2N3O3S2/c1-30(2)18-6-8-19(9-7-18)31-25(33)23(36-26(31)35)13-16-3-10-20(11-4-16)34-15-24(32)29-17-5-12-21(27)22(28)14-17/h3-14H,15H2,1-2H3,(H,29,32)/b23-13-. The number of nitrogens with zero attached hydrogens (tertiary/aromatic N) is 2. The second kappa shape index (κ2) is 11.3. The zero-order valence-electron chi connectivity index (χ0n) is 19.3. The van der Waals surface area contributed by atoms with Crippen molar-refractivity contribution in [3.63, 3.8) is 0 Å². The molecule has 1 fully saturated rings. The fourth-order valence-electron chi connectivity index (χ4n) is 3.32. The van der Waals surface area contributed by atoms with E-state index in [4.69, 9.17) is 40.2 Å². The lowest BCUT2D eigenvalue weighted by molar-refractivity contribution is -0.118. The van der Waals surface area contributed by atoms with Gasteiger partial charge in [0.25, 0.3) is 11.8 Å². The van der Waals surface area contributed by atoms with Crippen LogP contribution in [0.25, 0.3) is 6.08 Å². The SMILES string of the molecule is CN(C)c1ccc(N2C(=O)/C(=C/c3ccc(OCC(=O)Nc4ccc(Cl)c(Cl)c4)cc3)SC2=S)cc1. The van der Waals surface area contributed by atoms with Gasteiger partial charge in [-0.2, -0.15) is 0 Å². The van der Waals surface area contributed by atoms with E-state index in [2.05, 4.69) is 5.32 Å². The number of anilines is 3. The number of carbonyl (C=O) groups is 2. The topological polar surface area (TPSA) is 61.9 Å². The highest BCUT2D eigenvalue weighted by Gasteiger charge is 2.33. The predicted octanol–water partition coefficient (Wildman–Crippen LogP) is 6.48. The summed E-state index contributed by atoms with van der Waals surface area (Å²) >= 11 is 18.6. The first-order valence-electron chi connectivity index (χ1n) is 10.7. The lowest BCUT2D eigenvalue weighted by Gasteiger charge is -2.17. The number of thiocarbonyl (C=S) groups is 1. The number of carbonyl (C=O) groups excluding carboxylic acids is 2. The number of benzene rings is 3. The number of thioether (sulfide) groups is 1. The monoisotopic (exact) mass is 557 g/mol. The summed E-state index contributed by atoms with van der Waals surface area (Å²) in [6.45, 7) is -0.176. The van der Waals surface area contributed by atoms with Crippen molar-refractivity contribution in [1.29, 1.82) is 0 Å². The number of ether oxygens (including phenoxy) is 1. The van der Waals surface area contributed by atoms with E-state index >= 15 is 0 Å². The summed E-state index contributed by atoms with van der Waals surface area (Å²) in [4.78, 5) is 29.3. The van der Waals surface area contributed by atoms with Crippen LogP contribution in [0.15, 0.2) is 71.6 Å². The Morgan fingerprint density at radius 2 is 1.75 bits per heavy atom. The van der Waals surface area contributed by atoms with E-state index in [1.807, 2.05) is 55.4 Å². The van der Waals surface area contributed by atoms with Gasteiger partial charge in [-0.3, -0.25) is 14.5 Å². The molecule has 0 aromatic heterocycles. The van der Waals surface area contributed by atoms with Gasteiger partial charge in [0.05, 0.1) is 20.6 Å². The minimum Gasteiger partial charge on any atom is -0.484 e. The molecule has 3 aromatic carbocycles. The number of nitrogens with one attached hydrogen (secondary N) is 1. The van der Waals surface area contributed by atoms with Crippen molar-refractivity contribution in [2.24, 2.45) is 0 Å². The number of rotatable bonds is 7. The van der Waals surface area contributed by atoms with Crippen molar-refractivity contribution in [2.75, 3.05) is 35.8 Å². The lowest BCUT2D eigenvalue weighted by atomic mass is 10.2. The van der Waals surface area contributed by atoms with E-state index in [0.717, 1.165) is 16.9 Å². The van der Waals surface area contributed by atoms with Gasteiger partial charge >= 0.3 is 0 Å². The Balaban J connectivity index is 1.36. The maximum atomic E-state index is 13.0. The predicted molar refractivity (Wildman–Crippen MR) is 153 cm³/mol. The van der Waals surface area contributed by atoms with Crippen LogP contribution < -0.4 is 19.9 Å². The Labute approximate surface area is 228 Å². The maximum absolute atomic E-state index is 13.0. The van der Waals surface area contributed by atoms with Crippen LogP contribution in [0.3, 0.4) is 0 Å². The van der Waals surface area contributed by atoms with E-state index < -0.39 is 0 Å².